The van der Waals surface area contributed by atoms with Gasteiger partial charge < -0.3 is 14.6 Å². The van der Waals surface area contributed by atoms with Crippen LogP contribution in [0.1, 0.15) is 19.4 Å². The standard InChI is InChI=1S/C16H22N2O2S/c1-12(2)17-11-13-6-7-14(15-5-4-10-21-15)18(16(13)19)8-9-20-3/h4-7,10,12,17H,8-9,11H2,1-3H3. The number of rotatable bonds is 7. The van der Waals surface area contributed by atoms with E-state index in [-0.39, 0.29) is 5.56 Å². The Labute approximate surface area is 129 Å². The van der Waals surface area contributed by atoms with Crippen molar-refractivity contribution in [2.45, 2.75) is 33.0 Å². The smallest absolute Gasteiger partial charge is 0.255 e. The van der Waals surface area contributed by atoms with E-state index in [2.05, 4.69) is 19.2 Å². The molecule has 2 heterocycles. The van der Waals surface area contributed by atoms with Crippen molar-refractivity contribution in [2.24, 2.45) is 0 Å². The molecular formula is C16H22N2O2S. The molecule has 0 aliphatic heterocycles. The second-order valence-electron chi connectivity index (χ2n) is 5.21. The molecule has 0 aromatic carbocycles. The molecule has 0 amide bonds. The van der Waals surface area contributed by atoms with E-state index in [1.165, 1.54) is 0 Å². The molecule has 2 aromatic heterocycles. The zero-order chi connectivity index (χ0) is 15.2. The van der Waals surface area contributed by atoms with Crippen molar-refractivity contribution < 1.29 is 4.74 Å². The second-order valence-corrected chi connectivity index (χ2v) is 6.15. The van der Waals surface area contributed by atoms with Crippen molar-refractivity contribution in [3.8, 4) is 10.6 Å². The van der Waals surface area contributed by atoms with Crippen molar-refractivity contribution in [1.82, 2.24) is 9.88 Å². The fourth-order valence-electron chi connectivity index (χ4n) is 2.12. The lowest BCUT2D eigenvalue weighted by Crippen LogP contribution is -2.31. The highest BCUT2D eigenvalue weighted by molar-refractivity contribution is 7.13. The van der Waals surface area contributed by atoms with Crippen LogP contribution in [0.25, 0.3) is 10.6 Å². The van der Waals surface area contributed by atoms with Crippen molar-refractivity contribution >= 4 is 11.3 Å². The SMILES string of the molecule is COCCn1c(-c2cccs2)ccc(CNC(C)C)c1=O. The van der Waals surface area contributed by atoms with Crippen LogP contribution < -0.4 is 10.9 Å². The molecule has 0 aliphatic rings. The fourth-order valence-corrected chi connectivity index (χ4v) is 2.88. The van der Waals surface area contributed by atoms with E-state index in [9.17, 15) is 4.79 Å². The summed E-state index contributed by atoms with van der Waals surface area (Å²) < 4.78 is 6.95. The number of aromatic nitrogens is 1. The first-order chi connectivity index (χ1) is 10.1. The highest BCUT2D eigenvalue weighted by Crippen LogP contribution is 2.23. The van der Waals surface area contributed by atoms with Crippen molar-refractivity contribution in [3.05, 3.63) is 45.6 Å². The number of thiophene rings is 1. The monoisotopic (exact) mass is 306 g/mol. The van der Waals surface area contributed by atoms with Crippen molar-refractivity contribution in [3.63, 3.8) is 0 Å². The minimum atomic E-state index is 0.0612. The molecule has 21 heavy (non-hydrogen) atoms. The Kier molecular flexibility index (Phi) is 5.73. The molecule has 1 N–H and O–H groups in total. The summed E-state index contributed by atoms with van der Waals surface area (Å²) in [6.07, 6.45) is 0. The van der Waals surface area contributed by atoms with Gasteiger partial charge in [0.2, 0.25) is 0 Å². The third kappa shape index (κ3) is 4.03. The number of nitrogens with zero attached hydrogens (tertiary/aromatic N) is 1. The first-order valence-electron chi connectivity index (χ1n) is 7.12. The van der Waals surface area contributed by atoms with Crippen LogP contribution in [-0.2, 0) is 17.8 Å². The fraction of sp³-hybridized carbons (Fsp3) is 0.438. The summed E-state index contributed by atoms with van der Waals surface area (Å²) in [5.41, 5.74) is 1.81. The molecule has 0 bridgehead atoms. The molecule has 0 saturated carbocycles. The number of nitrogens with one attached hydrogen (secondary N) is 1. The Morgan fingerprint density at radius 3 is 2.76 bits per heavy atom. The Morgan fingerprint density at radius 1 is 1.33 bits per heavy atom. The van der Waals surface area contributed by atoms with Crippen LogP contribution in [0.3, 0.4) is 0 Å². The molecular weight excluding hydrogens is 284 g/mol. The third-order valence-corrected chi connectivity index (χ3v) is 4.14. The molecule has 0 radical (unpaired) electrons. The Bertz CT molecular complexity index is 618. The zero-order valence-electron chi connectivity index (χ0n) is 12.8. The summed E-state index contributed by atoms with van der Waals surface area (Å²) >= 11 is 1.64. The van der Waals surface area contributed by atoms with Gasteiger partial charge in [-0.25, -0.2) is 0 Å². The molecule has 5 heteroatoms. The van der Waals surface area contributed by atoms with E-state index >= 15 is 0 Å². The van der Waals surface area contributed by atoms with Crippen LogP contribution in [0.5, 0.6) is 0 Å². The molecule has 4 nitrogen and oxygen atoms in total. The van der Waals surface area contributed by atoms with Crippen LogP contribution >= 0.6 is 11.3 Å². The summed E-state index contributed by atoms with van der Waals surface area (Å²) in [6.45, 7) is 5.83. The minimum absolute atomic E-state index is 0.0612. The Morgan fingerprint density at radius 2 is 2.14 bits per heavy atom. The zero-order valence-corrected chi connectivity index (χ0v) is 13.6. The van der Waals surface area contributed by atoms with Gasteiger partial charge in [0.15, 0.2) is 0 Å². The van der Waals surface area contributed by atoms with E-state index in [1.54, 1.807) is 18.4 Å². The number of methoxy groups -OCH3 is 1. The van der Waals surface area contributed by atoms with Gasteiger partial charge in [-0.15, -0.1) is 11.3 Å². The van der Waals surface area contributed by atoms with Gasteiger partial charge in [0.05, 0.1) is 17.2 Å². The van der Waals surface area contributed by atoms with Crippen LogP contribution in [0.4, 0.5) is 0 Å². The van der Waals surface area contributed by atoms with E-state index in [4.69, 9.17) is 4.74 Å². The predicted molar refractivity (Wildman–Crippen MR) is 87.9 cm³/mol. The summed E-state index contributed by atoms with van der Waals surface area (Å²) in [5.74, 6) is 0. The summed E-state index contributed by atoms with van der Waals surface area (Å²) in [6, 6.07) is 8.35. The molecule has 0 fully saturated rings. The van der Waals surface area contributed by atoms with Gasteiger partial charge in [-0.2, -0.15) is 0 Å². The summed E-state index contributed by atoms with van der Waals surface area (Å²) in [4.78, 5) is 13.8. The number of hydrogen-bond donors (Lipinski definition) is 1. The largest absolute Gasteiger partial charge is 0.383 e. The molecule has 2 rings (SSSR count). The van der Waals surface area contributed by atoms with E-state index in [0.717, 1.165) is 16.1 Å². The molecule has 0 spiro atoms. The first kappa shape index (κ1) is 15.9. The van der Waals surface area contributed by atoms with Crippen LogP contribution in [0, 0.1) is 0 Å². The van der Waals surface area contributed by atoms with Gasteiger partial charge in [0, 0.05) is 31.8 Å². The Balaban J connectivity index is 2.38. The first-order valence-corrected chi connectivity index (χ1v) is 8.00. The topological polar surface area (TPSA) is 43.3 Å². The third-order valence-electron chi connectivity index (χ3n) is 3.25. The quantitative estimate of drug-likeness (QED) is 0.855. The van der Waals surface area contributed by atoms with E-state index in [0.29, 0.717) is 25.7 Å². The van der Waals surface area contributed by atoms with Gasteiger partial charge in [0.25, 0.3) is 5.56 Å². The van der Waals surface area contributed by atoms with Gasteiger partial charge in [-0.3, -0.25) is 4.79 Å². The van der Waals surface area contributed by atoms with Crippen molar-refractivity contribution in [1.29, 1.82) is 0 Å². The average molecular weight is 306 g/mol. The summed E-state index contributed by atoms with van der Waals surface area (Å²) in [7, 11) is 1.65. The molecule has 0 saturated heterocycles. The van der Waals surface area contributed by atoms with Gasteiger partial charge in [0.1, 0.15) is 0 Å². The normalized spacial score (nSPS) is 11.2. The minimum Gasteiger partial charge on any atom is -0.383 e. The van der Waals surface area contributed by atoms with Crippen LogP contribution in [-0.4, -0.2) is 24.3 Å². The highest BCUT2D eigenvalue weighted by atomic mass is 32.1. The number of hydrogen-bond acceptors (Lipinski definition) is 4. The molecule has 2 aromatic rings. The maximum absolute atomic E-state index is 12.7. The van der Waals surface area contributed by atoms with E-state index < -0.39 is 0 Å². The van der Waals surface area contributed by atoms with Gasteiger partial charge in [-0.1, -0.05) is 26.0 Å². The average Bonchev–Trinajstić information content (AvgIpc) is 2.98. The molecule has 0 unspecified atom stereocenters. The lowest BCUT2D eigenvalue weighted by atomic mass is 10.2. The molecule has 0 atom stereocenters. The summed E-state index contributed by atoms with van der Waals surface area (Å²) in [5, 5.41) is 5.32. The van der Waals surface area contributed by atoms with E-state index in [1.807, 2.05) is 34.2 Å². The molecule has 114 valence electrons. The van der Waals surface area contributed by atoms with Crippen LogP contribution in [0.15, 0.2) is 34.4 Å². The van der Waals surface area contributed by atoms with Crippen molar-refractivity contribution in [2.75, 3.05) is 13.7 Å². The van der Waals surface area contributed by atoms with Gasteiger partial charge >= 0.3 is 0 Å². The lowest BCUT2D eigenvalue weighted by Gasteiger charge is -2.14. The van der Waals surface area contributed by atoms with Crippen LogP contribution in [0.2, 0.25) is 0 Å². The lowest BCUT2D eigenvalue weighted by molar-refractivity contribution is 0.186. The number of pyridine rings is 1. The van der Waals surface area contributed by atoms with Gasteiger partial charge in [-0.05, 0) is 17.5 Å². The predicted octanol–water partition coefficient (Wildman–Crippen LogP) is 2.72. The maximum Gasteiger partial charge on any atom is 0.255 e. The number of ether oxygens (including phenoxy) is 1. The maximum atomic E-state index is 12.7. The second kappa shape index (κ2) is 7.54. The molecule has 0 aliphatic carbocycles. The Hall–Kier alpha value is -1.43. The highest BCUT2D eigenvalue weighted by Gasteiger charge is 2.11.